The van der Waals surface area contributed by atoms with Gasteiger partial charge in [0.2, 0.25) is 5.91 Å². The number of benzene rings is 2. The Morgan fingerprint density at radius 3 is 2.00 bits per heavy atom. The maximum Gasteiger partial charge on any atom is 0.414 e. The Morgan fingerprint density at radius 1 is 0.903 bits per heavy atom. The van der Waals surface area contributed by atoms with Crippen molar-refractivity contribution in [1.82, 2.24) is 5.32 Å². The minimum atomic E-state index is -1.82. The topological polar surface area (TPSA) is 143 Å². The van der Waals surface area contributed by atoms with Crippen LogP contribution >= 0.6 is 0 Å². The Balaban J connectivity index is 0.000000703. The van der Waals surface area contributed by atoms with Gasteiger partial charge >= 0.3 is 11.9 Å². The van der Waals surface area contributed by atoms with Gasteiger partial charge in [0, 0.05) is 26.5 Å². The van der Waals surface area contributed by atoms with E-state index in [1.165, 1.54) is 0 Å². The number of anilines is 1. The van der Waals surface area contributed by atoms with Gasteiger partial charge < -0.3 is 35.1 Å². The molecule has 1 amide bonds. The molecule has 0 spiro atoms. The van der Waals surface area contributed by atoms with E-state index in [2.05, 4.69) is 10.6 Å². The van der Waals surface area contributed by atoms with E-state index >= 15 is 0 Å². The van der Waals surface area contributed by atoms with Crippen LogP contribution < -0.4 is 15.4 Å². The highest BCUT2D eigenvalue weighted by molar-refractivity contribution is 6.27. The molecule has 0 aliphatic carbocycles. The summed E-state index contributed by atoms with van der Waals surface area (Å²) in [5, 5.41) is 20.6. The molecule has 0 bridgehead atoms. The molecule has 10 nitrogen and oxygen atoms in total. The van der Waals surface area contributed by atoms with E-state index in [0.29, 0.717) is 18.8 Å². The Bertz CT molecular complexity index is 796. The third-order valence-corrected chi connectivity index (χ3v) is 3.69. The molecule has 0 aliphatic rings. The molecule has 4 N–H and O–H groups in total. The van der Waals surface area contributed by atoms with Crippen LogP contribution in [0.4, 0.5) is 5.69 Å². The molecule has 10 heteroatoms. The highest BCUT2D eigenvalue weighted by Gasteiger charge is 2.07. The number of hydrogen-bond donors (Lipinski definition) is 4. The molecule has 2 rings (SSSR count). The maximum atomic E-state index is 11.9. The van der Waals surface area contributed by atoms with Crippen LogP contribution in [0.1, 0.15) is 5.56 Å². The van der Waals surface area contributed by atoms with Crippen LogP contribution in [0.2, 0.25) is 0 Å². The molecular weight excluding hydrogens is 408 g/mol. The zero-order valence-electron chi connectivity index (χ0n) is 17.2. The molecule has 0 aromatic heterocycles. The molecule has 2 aromatic rings. The second-order valence-corrected chi connectivity index (χ2v) is 5.99. The third kappa shape index (κ3) is 11.3. The first kappa shape index (κ1) is 25.6. The van der Waals surface area contributed by atoms with Gasteiger partial charge in [0.25, 0.3) is 0 Å². The van der Waals surface area contributed by atoms with Gasteiger partial charge in [-0.15, -0.1) is 0 Å². The molecule has 0 aliphatic heterocycles. The first-order valence-electron chi connectivity index (χ1n) is 9.14. The predicted octanol–water partition coefficient (Wildman–Crippen LogP) is 1.57. The molecule has 2 aromatic carbocycles. The summed E-state index contributed by atoms with van der Waals surface area (Å²) in [4.78, 5) is 30.1. The SMILES string of the molecule is COC(CNCC(=O)Nc1ccc(OCc2ccccc2)cc1)OC.O=C(O)C(=O)O. The van der Waals surface area contributed by atoms with Gasteiger partial charge in [-0.3, -0.25) is 4.79 Å². The first-order chi connectivity index (χ1) is 14.8. The summed E-state index contributed by atoms with van der Waals surface area (Å²) >= 11 is 0. The number of carboxylic acid groups (broad SMARTS) is 2. The lowest BCUT2D eigenvalue weighted by Crippen LogP contribution is -2.35. The Morgan fingerprint density at radius 2 is 1.48 bits per heavy atom. The largest absolute Gasteiger partial charge is 0.489 e. The number of methoxy groups -OCH3 is 2. The Hall–Kier alpha value is -3.47. The van der Waals surface area contributed by atoms with Crippen LogP contribution in [0.25, 0.3) is 0 Å². The van der Waals surface area contributed by atoms with E-state index in [1.807, 2.05) is 54.6 Å². The summed E-state index contributed by atoms with van der Waals surface area (Å²) in [5.41, 5.74) is 1.82. The van der Waals surface area contributed by atoms with E-state index in [9.17, 15) is 4.79 Å². The fraction of sp³-hybridized carbons (Fsp3) is 0.286. The van der Waals surface area contributed by atoms with Crippen molar-refractivity contribution in [3.63, 3.8) is 0 Å². The zero-order chi connectivity index (χ0) is 23.1. The number of hydrogen-bond acceptors (Lipinski definition) is 7. The van der Waals surface area contributed by atoms with Gasteiger partial charge in [0.15, 0.2) is 6.29 Å². The molecule has 31 heavy (non-hydrogen) atoms. The summed E-state index contributed by atoms with van der Waals surface area (Å²) < 4.78 is 15.8. The number of aliphatic carboxylic acids is 2. The molecular formula is C21H26N2O8. The number of carbonyl (C=O) groups excluding carboxylic acids is 1. The van der Waals surface area contributed by atoms with Crippen molar-refractivity contribution in [3.05, 3.63) is 60.2 Å². The second-order valence-electron chi connectivity index (χ2n) is 5.99. The molecule has 168 valence electrons. The predicted molar refractivity (Wildman–Crippen MR) is 112 cm³/mol. The van der Waals surface area contributed by atoms with Crippen LogP contribution in [0.15, 0.2) is 54.6 Å². The fourth-order valence-electron chi connectivity index (χ4n) is 2.15. The summed E-state index contributed by atoms with van der Waals surface area (Å²) in [6.45, 7) is 1.12. The smallest absolute Gasteiger partial charge is 0.414 e. The molecule has 0 unspecified atom stereocenters. The quantitative estimate of drug-likeness (QED) is 0.323. The van der Waals surface area contributed by atoms with Gasteiger partial charge in [-0.1, -0.05) is 30.3 Å². The second kappa shape index (κ2) is 14.5. The van der Waals surface area contributed by atoms with E-state index in [0.717, 1.165) is 11.3 Å². The highest BCUT2D eigenvalue weighted by Crippen LogP contribution is 2.17. The van der Waals surface area contributed by atoms with Crippen molar-refractivity contribution in [2.75, 3.05) is 32.6 Å². The average molecular weight is 434 g/mol. The molecule has 0 saturated heterocycles. The van der Waals surface area contributed by atoms with Crippen molar-refractivity contribution in [1.29, 1.82) is 0 Å². The van der Waals surface area contributed by atoms with E-state index in [-0.39, 0.29) is 18.7 Å². The van der Waals surface area contributed by atoms with Crippen LogP contribution in [0.3, 0.4) is 0 Å². The molecule has 0 saturated carbocycles. The average Bonchev–Trinajstić information content (AvgIpc) is 2.77. The lowest BCUT2D eigenvalue weighted by atomic mass is 10.2. The molecule has 0 atom stereocenters. The molecule has 0 radical (unpaired) electrons. The molecule has 0 fully saturated rings. The molecule has 0 heterocycles. The van der Waals surface area contributed by atoms with Gasteiger partial charge in [-0.25, -0.2) is 9.59 Å². The third-order valence-electron chi connectivity index (χ3n) is 3.69. The van der Waals surface area contributed by atoms with Gasteiger partial charge in [-0.2, -0.15) is 0 Å². The van der Waals surface area contributed by atoms with Crippen molar-refractivity contribution < 1.29 is 38.8 Å². The minimum Gasteiger partial charge on any atom is -0.489 e. The monoisotopic (exact) mass is 434 g/mol. The van der Waals surface area contributed by atoms with Crippen molar-refractivity contribution >= 4 is 23.5 Å². The lowest BCUT2D eigenvalue weighted by Gasteiger charge is -2.14. The normalized spacial score (nSPS) is 10.0. The van der Waals surface area contributed by atoms with Crippen LogP contribution in [0, 0.1) is 0 Å². The fourth-order valence-corrected chi connectivity index (χ4v) is 2.15. The van der Waals surface area contributed by atoms with Gasteiger partial charge in [0.05, 0.1) is 6.54 Å². The summed E-state index contributed by atoms with van der Waals surface area (Å²) in [6, 6.07) is 17.2. The summed E-state index contributed by atoms with van der Waals surface area (Å²) in [7, 11) is 3.11. The minimum absolute atomic E-state index is 0.135. The number of nitrogens with one attached hydrogen (secondary N) is 2. The van der Waals surface area contributed by atoms with E-state index in [4.69, 9.17) is 34.0 Å². The Labute approximate surface area is 179 Å². The van der Waals surface area contributed by atoms with Crippen molar-refractivity contribution in [2.24, 2.45) is 0 Å². The van der Waals surface area contributed by atoms with Crippen LogP contribution in [0.5, 0.6) is 5.75 Å². The summed E-state index contributed by atoms with van der Waals surface area (Å²) in [6.07, 6.45) is -0.367. The van der Waals surface area contributed by atoms with Crippen LogP contribution in [-0.4, -0.2) is 61.7 Å². The standard InChI is InChI=1S/C19H24N2O4.C2H2O4/c1-23-19(24-2)13-20-12-18(22)21-16-8-10-17(11-9-16)25-14-15-6-4-3-5-7-15;3-1(4)2(5)6/h3-11,19-20H,12-14H2,1-2H3,(H,21,22);(H,3,4)(H,5,6). The number of ether oxygens (including phenoxy) is 3. The Kier molecular flexibility index (Phi) is 12.0. The maximum absolute atomic E-state index is 11.9. The first-order valence-corrected chi connectivity index (χ1v) is 9.14. The van der Waals surface area contributed by atoms with E-state index < -0.39 is 11.9 Å². The van der Waals surface area contributed by atoms with Crippen LogP contribution in [-0.2, 0) is 30.5 Å². The van der Waals surface area contributed by atoms with Crippen molar-refractivity contribution in [3.8, 4) is 5.75 Å². The van der Waals surface area contributed by atoms with Crippen molar-refractivity contribution in [2.45, 2.75) is 12.9 Å². The van der Waals surface area contributed by atoms with Gasteiger partial charge in [-0.05, 0) is 29.8 Å². The highest BCUT2D eigenvalue weighted by atomic mass is 16.7. The van der Waals surface area contributed by atoms with Gasteiger partial charge in [0.1, 0.15) is 12.4 Å². The number of carboxylic acids is 2. The number of carbonyl (C=O) groups is 3. The summed E-state index contributed by atoms with van der Waals surface area (Å²) in [5.74, 6) is -3.03. The number of amides is 1. The lowest BCUT2D eigenvalue weighted by molar-refractivity contribution is -0.159. The number of rotatable bonds is 10. The zero-order valence-corrected chi connectivity index (χ0v) is 17.2. The van der Waals surface area contributed by atoms with E-state index in [1.54, 1.807) is 14.2 Å².